The van der Waals surface area contributed by atoms with Crippen LogP contribution in [0, 0.1) is 17.8 Å². The van der Waals surface area contributed by atoms with Gasteiger partial charge in [-0.05, 0) is 84.2 Å². The Bertz CT molecular complexity index is 853. The molecule has 2 aliphatic carbocycles. The molecule has 2 aromatic carbocycles. The summed E-state index contributed by atoms with van der Waals surface area (Å²) < 4.78 is 39.0. The molecular formula is C28H37F3. The summed E-state index contributed by atoms with van der Waals surface area (Å²) in [6.07, 6.45) is 12.1. The molecule has 0 aliphatic heterocycles. The van der Waals surface area contributed by atoms with Crippen molar-refractivity contribution in [1.82, 2.24) is 0 Å². The van der Waals surface area contributed by atoms with Gasteiger partial charge in [0, 0.05) is 0 Å². The topological polar surface area (TPSA) is 0 Å². The second-order valence-electron chi connectivity index (χ2n) is 10.2. The lowest BCUT2D eigenvalue weighted by Gasteiger charge is -2.42. The third-order valence-electron chi connectivity index (χ3n) is 8.10. The monoisotopic (exact) mass is 430 g/mol. The number of hydrogen-bond acceptors (Lipinski definition) is 0. The van der Waals surface area contributed by atoms with Crippen LogP contribution in [0.1, 0.15) is 101 Å². The minimum absolute atomic E-state index is 0.560. The molecule has 4 unspecified atom stereocenters. The molecule has 0 spiro atoms. The summed E-state index contributed by atoms with van der Waals surface area (Å²) in [7, 11) is 0. The van der Waals surface area contributed by atoms with E-state index in [1.165, 1.54) is 94.7 Å². The van der Waals surface area contributed by atoms with Crippen LogP contribution in [0.5, 0.6) is 0 Å². The predicted octanol–water partition coefficient (Wildman–Crippen LogP) is 9.52. The Morgan fingerprint density at radius 3 is 2.29 bits per heavy atom. The number of unbranched alkanes of at least 4 members (excludes halogenated alkanes) is 4. The van der Waals surface area contributed by atoms with Crippen LogP contribution in [0.3, 0.4) is 0 Å². The lowest BCUT2D eigenvalue weighted by atomic mass is 9.63. The van der Waals surface area contributed by atoms with Gasteiger partial charge in [-0.2, -0.15) is 13.2 Å². The number of fused-ring (bicyclic) bond motifs is 2. The number of halogens is 3. The first-order valence-electron chi connectivity index (χ1n) is 12.5. The van der Waals surface area contributed by atoms with Crippen molar-refractivity contribution in [2.75, 3.05) is 0 Å². The highest BCUT2D eigenvalue weighted by atomic mass is 19.4. The Hall–Kier alpha value is -1.51. The highest BCUT2D eigenvalue weighted by molar-refractivity contribution is 5.84. The maximum absolute atomic E-state index is 13.0. The number of rotatable bonds is 7. The summed E-state index contributed by atoms with van der Waals surface area (Å²) in [4.78, 5) is 0. The van der Waals surface area contributed by atoms with E-state index in [1.54, 1.807) is 6.07 Å². The van der Waals surface area contributed by atoms with E-state index in [2.05, 4.69) is 19.1 Å². The van der Waals surface area contributed by atoms with Gasteiger partial charge in [0.1, 0.15) is 0 Å². The van der Waals surface area contributed by atoms with Gasteiger partial charge in [-0.15, -0.1) is 0 Å². The number of alkyl halides is 3. The zero-order valence-corrected chi connectivity index (χ0v) is 18.9. The summed E-state index contributed by atoms with van der Waals surface area (Å²) in [6, 6.07) is 10.2. The van der Waals surface area contributed by atoms with E-state index >= 15 is 0 Å². The maximum atomic E-state index is 13.0. The molecule has 0 amide bonds. The van der Waals surface area contributed by atoms with Crippen LogP contribution in [-0.2, 0) is 6.18 Å². The molecular weight excluding hydrogens is 393 g/mol. The fourth-order valence-electron chi connectivity index (χ4n) is 6.28. The highest BCUT2D eigenvalue weighted by Gasteiger charge is 2.36. The van der Waals surface area contributed by atoms with E-state index in [-0.39, 0.29) is 0 Å². The highest BCUT2D eigenvalue weighted by Crippen LogP contribution is 2.48. The normalized spacial score (nSPS) is 26.7. The summed E-state index contributed by atoms with van der Waals surface area (Å²) in [5, 5.41) is 1.62. The smallest absolute Gasteiger partial charge is 0.166 e. The third kappa shape index (κ3) is 5.65. The van der Waals surface area contributed by atoms with E-state index < -0.39 is 11.7 Å². The van der Waals surface area contributed by atoms with Gasteiger partial charge in [0.25, 0.3) is 0 Å². The Morgan fingerprint density at radius 1 is 0.774 bits per heavy atom. The minimum atomic E-state index is -4.28. The average Bonchev–Trinajstić information content (AvgIpc) is 2.77. The largest absolute Gasteiger partial charge is 0.416 e. The van der Waals surface area contributed by atoms with E-state index in [9.17, 15) is 13.2 Å². The molecule has 31 heavy (non-hydrogen) atoms. The molecule has 2 aromatic rings. The molecule has 4 rings (SSSR count). The Kier molecular flexibility index (Phi) is 7.29. The number of benzene rings is 2. The first-order chi connectivity index (χ1) is 14.9. The summed E-state index contributed by atoms with van der Waals surface area (Å²) in [6.45, 7) is 2.28. The Labute approximate surface area is 185 Å². The van der Waals surface area contributed by atoms with Gasteiger partial charge in [-0.25, -0.2) is 0 Å². The van der Waals surface area contributed by atoms with Crippen molar-refractivity contribution in [3.05, 3.63) is 47.5 Å². The average molecular weight is 431 g/mol. The molecule has 2 fully saturated rings. The second kappa shape index (κ2) is 9.96. The lowest BCUT2D eigenvalue weighted by Crippen LogP contribution is -2.30. The van der Waals surface area contributed by atoms with Crippen molar-refractivity contribution in [2.24, 2.45) is 17.8 Å². The zero-order valence-electron chi connectivity index (χ0n) is 18.9. The van der Waals surface area contributed by atoms with Crippen molar-refractivity contribution in [1.29, 1.82) is 0 Å². The zero-order chi connectivity index (χ0) is 21.8. The first kappa shape index (κ1) is 22.7. The van der Waals surface area contributed by atoms with Crippen LogP contribution >= 0.6 is 0 Å². The van der Waals surface area contributed by atoms with E-state index in [0.717, 1.165) is 23.1 Å². The predicted molar refractivity (Wildman–Crippen MR) is 123 cm³/mol. The summed E-state index contributed by atoms with van der Waals surface area (Å²) in [5.74, 6) is 3.26. The van der Waals surface area contributed by atoms with E-state index in [4.69, 9.17) is 0 Å². The van der Waals surface area contributed by atoms with Crippen molar-refractivity contribution < 1.29 is 13.2 Å². The van der Waals surface area contributed by atoms with Crippen molar-refractivity contribution >= 4 is 10.8 Å². The Balaban J connectivity index is 1.33. The third-order valence-corrected chi connectivity index (χ3v) is 8.10. The van der Waals surface area contributed by atoms with Crippen LogP contribution in [0.4, 0.5) is 13.2 Å². The van der Waals surface area contributed by atoms with Gasteiger partial charge in [0.15, 0.2) is 0 Å². The molecule has 2 saturated carbocycles. The molecule has 0 heterocycles. The number of hydrogen-bond donors (Lipinski definition) is 0. The van der Waals surface area contributed by atoms with Crippen LogP contribution in [-0.4, -0.2) is 0 Å². The van der Waals surface area contributed by atoms with Gasteiger partial charge >= 0.3 is 6.18 Å². The van der Waals surface area contributed by atoms with Crippen LogP contribution in [0.15, 0.2) is 36.4 Å². The molecule has 0 saturated heterocycles. The fraction of sp³-hybridized carbons (Fsp3) is 0.643. The minimum Gasteiger partial charge on any atom is -0.166 e. The fourth-order valence-corrected chi connectivity index (χ4v) is 6.28. The van der Waals surface area contributed by atoms with Crippen LogP contribution in [0.25, 0.3) is 10.8 Å². The molecule has 170 valence electrons. The summed E-state index contributed by atoms with van der Waals surface area (Å²) >= 11 is 0. The summed E-state index contributed by atoms with van der Waals surface area (Å²) in [5.41, 5.74) is 0.763. The first-order valence-corrected chi connectivity index (χ1v) is 12.5. The second-order valence-corrected chi connectivity index (χ2v) is 10.2. The molecule has 3 heteroatoms. The van der Waals surface area contributed by atoms with Crippen LogP contribution in [0.2, 0.25) is 0 Å². The van der Waals surface area contributed by atoms with Crippen LogP contribution < -0.4 is 0 Å². The Morgan fingerprint density at radius 2 is 1.48 bits per heavy atom. The molecule has 4 atom stereocenters. The van der Waals surface area contributed by atoms with Gasteiger partial charge in [-0.1, -0.05) is 76.1 Å². The van der Waals surface area contributed by atoms with Crippen molar-refractivity contribution in [3.63, 3.8) is 0 Å². The maximum Gasteiger partial charge on any atom is 0.416 e. The standard InChI is InChI=1S/C28H37F3/c1-2-3-4-5-6-7-20-8-9-22-17-23(11-10-21(22)16-20)24-12-13-26-19-27(28(29,30)31)15-14-25(26)18-24/h12-15,18-23H,2-11,16-17H2,1H3. The van der Waals surface area contributed by atoms with Crippen molar-refractivity contribution in [3.8, 4) is 0 Å². The van der Waals surface area contributed by atoms with E-state index in [0.29, 0.717) is 11.3 Å². The van der Waals surface area contributed by atoms with Gasteiger partial charge in [-0.3, -0.25) is 0 Å². The van der Waals surface area contributed by atoms with Gasteiger partial charge in [0.2, 0.25) is 0 Å². The SMILES string of the molecule is CCCCCCCC1CCC2CC(c3ccc4cc(C(F)(F)F)ccc4c3)CCC2C1. The van der Waals surface area contributed by atoms with Gasteiger partial charge < -0.3 is 0 Å². The molecule has 0 radical (unpaired) electrons. The molecule has 0 N–H and O–H groups in total. The lowest BCUT2D eigenvalue weighted by molar-refractivity contribution is -0.137. The van der Waals surface area contributed by atoms with Gasteiger partial charge in [0.05, 0.1) is 5.56 Å². The molecule has 2 aliphatic rings. The van der Waals surface area contributed by atoms with E-state index in [1.807, 2.05) is 6.07 Å². The molecule has 0 nitrogen and oxygen atoms in total. The van der Waals surface area contributed by atoms with Crippen molar-refractivity contribution in [2.45, 2.75) is 96.1 Å². The quantitative estimate of drug-likeness (QED) is 0.384. The molecule has 0 bridgehead atoms. The molecule has 0 aromatic heterocycles.